The van der Waals surface area contributed by atoms with Crippen molar-refractivity contribution in [1.82, 2.24) is 4.90 Å². The predicted octanol–water partition coefficient (Wildman–Crippen LogP) is 5.00. The summed E-state index contributed by atoms with van der Waals surface area (Å²) in [6, 6.07) is 26.4. The van der Waals surface area contributed by atoms with Crippen LogP contribution in [0.5, 0.6) is 0 Å². The van der Waals surface area contributed by atoms with Crippen LogP contribution in [0.2, 0.25) is 0 Å². The molecule has 0 saturated carbocycles. The number of rotatable bonds is 6. The number of benzene rings is 3. The zero-order chi connectivity index (χ0) is 22.5. The largest absolute Gasteiger partial charge is 0.339 e. The Balaban J connectivity index is 1.85. The minimum absolute atomic E-state index is 0.105. The molecular formula is C27H25N3O2. The summed E-state index contributed by atoms with van der Waals surface area (Å²) in [7, 11) is 0. The van der Waals surface area contributed by atoms with Crippen molar-refractivity contribution in [3.63, 3.8) is 0 Å². The van der Waals surface area contributed by atoms with E-state index < -0.39 is 0 Å². The highest BCUT2D eigenvalue weighted by atomic mass is 16.2. The zero-order valence-corrected chi connectivity index (χ0v) is 18.2. The summed E-state index contributed by atoms with van der Waals surface area (Å²) >= 11 is 0. The van der Waals surface area contributed by atoms with Crippen LogP contribution >= 0.6 is 0 Å². The summed E-state index contributed by atoms with van der Waals surface area (Å²) in [6.45, 7) is 5.08. The fraction of sp³-hybridized carbons (Fsp3) is 0.148. The molecule has 4 rings (SSSR count). The summed E-state index contributed by atoms with van der Waals surface area (Å²) in [5.74, 6) is 0.149. The van der Waals surface area contributed by atoms with Crippen LogP contribution in [0.25, 0.3) is 6.08 Å². The minimum Gasteiger partial charge on any atom is -0.339 e. The first kappa shape index (κ1) is 21.2. The molecule has 0 spiro atoms. The SMILES string of the molecule is CCN(CC)C(=O)c1ccccc1N1C(=O)/C(=C\c2ccccc2)N=C1c1ccccc1. The predicted molar refractivity (Wildman–Crippen MR) is 129 cm³/mol. The van der Waals surface area contributed by atoms with E-state index in [2.05, 4.69) is 0 Å². The second-order valence-corrected chi connectivity index (χ2v) is 7.38. The average Bonchev–Trinajstić information content (AvgIpc) is 3.16. The number of amidine groups is 1. The quantitative estimate of drug-likeness (QED) is 0.524. The highest BCUT2D eigenvalue weighted by Crippen LogP contribution is 2.31. The number of carbonyl (C=O) groups is 2. The Labute approximate surface area is 188 Å². The van der Waals surface area contributed by atoms with Gasteiger partial charge in [0.05, 0.1) is 11.3 Å². The van der Waals surface area contributed by atoms with Gasteiger partial charge in [0.15, 0.2) is 0 Å². The van der Waals surface area contributed by atoms with Crippen molar-refractivity contribution in [2.24, 2.45) is 4.99 Å². The number of aliphatic imine (C=N–C) groups is 1. The zero-order valence-electron chi connectivity index (χ0n) is 18.2. The third-order valence-electron chi connectivity index (χ3n) is 5.42. The maximum atomic E-state index is 13.6. The molecule has 0 N–H and O–H groups in total. The maximum Gasteiger partial charge on any atom is 0.282 e. The molecule has 5 heteroatoms. The van der Waals surface area contributed by atoms with Crippen molar-refractivity contribution >= 4 is 29.4 Å². The highest BCUT2D eigenvalue weighted by Gasteiger charge is 2.35. The van der Waals surface area contributed by atoms with Crippen LogP contribution in [0, 0.1) is 0 Å². The van der Waals surface area contributed by atoms with Gasteiger partial charge in [0, 0.05) is 18.7 Å². The molecule has 0 aliphatic carbocycles. The number of amides is 2. The van der Waals surface area contributed by atoms with Crippen LogP contribution < -0.4 is 4.90 Å². The van der Waals surface area contributed by atoms with E-state index in [0.29, 0.717) is 35.9 Å². The Morgan fingerprint density at radius 2 is 1.47 bits per heavy atom. The number of hydrogen-bond acceptors (Lipinski definition) is 3. The number of nitrogens with zero attached hydrogens (tertiary/aromatic N) is 3. The van der Waals surface area contributed by atoms with Crippen molar-refractivity contribution in [2.75, 3.05) is 18.0 Å². The maximum absolute atomic E-state index is 13.6. The van der Waals surface area contributed by atoms with E-state index >= 15 is 0 Å². The van der Waals surface area contributed by atoms with Crippen LogP contribution in [0.1, 0.15) is 35.3 Å². The molecule has 32 heavy (non-hydrogen) atoms. The molecular weight excluding hydrogens is 398 g/mol. The van der Waals surface area contributed by atoms with Crippen LogP contribution in [0.3, 0.4) is 0 Å². The molecule has 2 amide bonds. The van der Waals surface area contributed by atoms with Gasteiger partial charge in [-0.2, -0.15) is 0 Å². The van der Waals surface area contributed by atoms with Gasteiger partial charge in [-0.3, -0.25) is 14.5 Å². The Morgan fingerprint density at radius 3 is 2.12 bits per heavy atom. The molecule has 5 nitrogen and oxygen atoms in total. The standard InChI is InChI=1S/C27H25N3O2/c1-3-29(4-2)26(31)22-17-11-12-18-24(22)30-25(21-15-9-6-10-16-21)28-23(27(30)32)19-20-13-7-5-8-14-20/h5-19H,3-4H2,1-2H3/b23-19+. The second-order valence-electron chi connectivity index (χ2n) is 7.38. The summed E-state index contributed by atoms with van der Waals surface area (Å²) in [5.41, 5.74) is 3.05. The Hall–Kier alpha value is -3.99. The fourth-order valence-electron chi connectivity index (χ4n) is 3.76. The summed E-state index contributed by atoms with van der Waals surface area (Å²) in [6.07, 6.45) is 1.78. The molecule has 1 aliphatic rings. The summed E-state index contributed by atoms with van der Waals surface area (Å²) < 4.78 is 0. The van der Waals surface area contributed by atoms with E-state index in [1.54, 1.807) is 28.0 Å². The molecule has 3 aromatic rings. The molecule has 0 atom stereocenters. The molecule has 3 aromatic carbocycles. The summed E-state index contributed by atoms with van der Waals surface area (Å²) in [4.78, 5) is 34.8. The lowest BCUT2D eigenvalue weighted by Gasteiger charge is -2.24. The number of carbonyl (C=O) groups excluding carboxylic acids is 2. The molecule has 0 bridgehead atoms. The van der Waals surface area contributed by atoms with Gasteiger partial charge in [-0.1, -0.05) is 72.8 Å². The fourth-order valence-corrected chi connectivity index (χ4v) is 3.76. The smallest absolute Gasteiger partial charge is 0.282 e. The van der Waals surface area contributed by atoms with Crippen LogP contribution in [-0.4, -0.2) is 35.6 Å². The monoisotopic (exact) mass is 423 g/mol. The van der Waals surface area contributed by atoms with E-state index in [1.165, 1.54) is 0 Å². The molecule has 0 aromatic heterocycles. The lowest BCUT2D eigenvalue weighted by Crippen LogP contribution is -2.36. The molecule has 1 heterocycles. The lowest BCUT2D eigenvalue weighted by molar-refractivity contribution is -0.113. The average molecular weight is 424 g/mol. The number of hydrogen-bond donors (Lipinski definition) is 0. The van der Waals surface area contributed by atoms with Crippen molar-refractivity contribution in [2.45, 2.75) is 13.8 Å². The molecule has 0 fully saturated rings. The van der Waals surface area contributed by atoms with Crippen LogP contribution in [-0.2, 0) is 4.79 Å². The lowest BCUT2D eigenvalue weighted by atomic mass is 10.1. The van der Waals surface area contributed by atoms with E-state index in [4.69, 9.17) is 4.99 Å². The van der Waals surface area contributed by atoms with Gasteiger partial charge in [-0.05, 0) is 37.6 Å². The van der Waals surface area contributed by atoms with Gasteiger partial charge in [0.1, 0.15) is 11.5 Å². The molecule has 0 saturated heterocycles. The Kier molecular flexibility index (Phi) is 6.26. The van der Waals surface area contributed by atoms with Gasteiger partial charge in [-0.25, -0.2) is 4.99 Å². The Bertz CT molecular complexity index is 1180. The van der Waals surface area contributed by atoms with Crippen LogP contribution in [0.4, 0.5) is 5.69 Å². The molecule has 0 radical (unpaired) electrons. The number of para-hydroxylation sites is 1. The first-order chi connectivity index (χ1) is 15.6. The van der Waals surface area contributed by atoms with E-state index in [9.17, 15) is 9.59 Å². The topological polar surface area (TPSA) is 53.0 Å². The van der Waals surface area contributed by atoms with Crippen molar-refractivity contribution in [1.29, 1.82) is 0 Å². The van der Waals surface area contributed by atoms with Gasteiger partial charge in [0.25, 0.3) is 11.8 Å². The molecule has 0 unspecified atom stereocenters. The number of anilines is 1. The third-order valence-corrected chi connectivity index (χ3v) is 5.42. The normalized spacial score (nSPS) is 14.6. The van der Waals surface area contributed by atoms with Gasteiger partial charge < -0.3 is 4.90 Å². The van der Waals surface area contributed by atoms with Crippen molar-refractivity contribution < 1.29 is 9.59 Å². The van der Waals surface area contributed by atoms with Gasteiger partial charge in [-0.15, -0.1) is 0 Å². The van der Waals surface area contributed by atoms with Gasteiger partial charge in [0.2, 0.25) is 0 Å². The van der Waals surface area contributed by atoms with Crippen molar-refractivity contribution in [3.8, 4) is 0 Å². The molecule has 1 aliphatic heterocycles. The first-order valence-corrected chi connectivity index (χ1v) is 10.8. The summed E-state index contributed by atoms with van der Waals surface area (Å²) in [5, 5.41) is 0. The molecule has 160 valence electrons. The second kappa shape index (κ2) is 9.43. The van der Waals surface area contributed by atoms with Crippen molar-refractivity contribution in [3.05, 3.63) is 107 Å². The minimum atomic E-state index is -0.257. The van der Waals surface area contributed by atoms with Crippen LogP contribution in [0.15, 0.2) is 95.6 Å². The van der Waals surface area contributed by atoms with E-state index in [-0.39, 0.29) is 11.8 Å². The highest BCUT2D eigenvalue weighted by molar-refractivity contribution is 6.34. The first-order valence-electron chi connectivity index (χ1n) is 10.8. The third kappa shape index (κ3) is 4.10. The van der Waals surface area contributed by atoms with E-state index in [1.807, 2.05) is 86.6 Å². The van der Waals surface area contributed by atoms with Gasteiger partial charge >= 0.3 is 0 Å². The Morgan fingerprint density at radius 1 is 0.875 bits per heavy atom. The van der Waals surface area contributed by atoms with E-state index in [0.717, 1.165) is 11.1 Å².